The summed E-state index contributed by atoms with van der Waals surface area (Å²) in [6, 6.07) is 7.12. The topological polar surface area (TPSA) is 12.5 Å². The molecule has 0 N–H and O–H groups in total. The minimum absolute atomic E-state index is 0.502. The van der Waals surface area contributed by atoms with Crippen LogP contribution in [0.5, 0.6) is 5.75 Å². The summed E-state index contributed by atoms with van der Waals surface area (Å²) >= 11 is 0. The van der Waals surface area contributed by atoms with E-state index in [9.17, 15) is 0 Å². The molecule has 1 aromatic carbocycles. The molecule has 1 aliphatic heterocycles. The lowest BCUT2D eigenvalue weighted by Gasteiger charge is -2.31. The van der Waals surface area contributed by atoms with Crippen LogP contribution in [0, 0.1) is 0 Å². The first-order chi connectivity index (χ1) is 7.59. The van der Waals surface area contributed by atoms with Gasteiger partial charge in [-0.25, -0.2) is 0 Å². The molecular weight excluding hydrogens is 198 g/mol. The Morgan fingerprint density at radius 1 is 1.31 bits per heavy atom. The molecule has 1 atom stereocenters. The third-order valence-electron chi connectivity index (χ3n) is 3.33. The fourth-order valence-electron chi connectivity index (χ4n) is 2.29. The lowest BCUT2D eigenvalue weighted by Crippen LogP contribution is -2.26. The molecule has 16 heavy (non-hydrogen) atoms. The van der Waals surface area contributed by atoms with Gasteiger partial charge >= 0.3 is 0 Å². The van der Waals surface area contributed by atoms with Crippen LogP contribution >= 0.6 is 0 Å². The monoisotopic (exact) mass is 219 g/mol. The molecule has 2 rings (SSSR count). The molecule has 1 heterocycles. The lowest BCUT2D eigenvalue weighted by atomic mass is 9.94. The number of benzene rings is 1. The Morgan fingerprint density at radius 3 is 2.69 bits per heavy atom. The van der Waals surface area contributed by atoms with Crippen LogP contribution in [0.4, 0.5) is 0 Å². The van der Waals surface area contributed by atoms with Crippen LogP contribution < -0.4 is 4.74 Å². The van der Waals surface area contributed by atoms with E-state index in [0.29, 0.717) is 12.0 Å². The molecule has 1 aromatic rings. The van der Waals surface area contributed by atoms with E-state index >= 15 is 0 Å². The zero-order valence-electron chi connectivity index (χ0n) is 10.7. The maximum absolute atomic E-state index is 5.71. The SMILES string of the molecule is CC(C)c1ccc2c(c1)C(N(C)C)CCO2. The van der Waals surface area contributed by atoms with Gasteiger partial charge in [0.05, 0.1) is 6.61 Å². The summed E-state index contributed by atoms with van der Waals surface area (Å²) in [5.74, 6) is 1.64. The van der Waals surface area contributed by atoms with E-state index in [1.54, 1.807) is 0 Å². The number of nitrogens with zero attached hydrogens (tertiary/aromatic N) is 1. The Kier molecular flexibility index (Phi) is 3.20. The highest BCUT2D eigenvalue weighted by Gasteiger charge is 2.23. The van der Waals surface area contributed by atoms with Gasteiger partial charge in [0.25, 0.3) is 0 Å². The Labute approximate surface area is 98.2 Å². The van der Waals surface area contributed by atoms with Crippen molar-refractivity contribution in [3.8, 4) is 5.75 Å². The first-order valence-electron chi connectivity index (χ1n) is 6.02. The number of hydrogen-bond donors (Lipinski definition) is 0. The van der Waals surface area contributed by atoms with Crippen molar-refractivity contribution in [2.45, 2.75) is 32.2 Å². The minimum Gasteiger partial charge on any atom is -0.493 e. The fraction of sp³-hybridized carbons (Fsp3) is 0.571. The highest BCUT2D eigenvalue weighted by Crippen LogP contribution is 2.36. The van der Waals surface area contributed by atoms with Gasteiger partial charge < -0.3 is 9.64 Å². The quantitative estimate of drug-likeness (QED) is 0.757. The molecule has 0 amide bonds. The predicted octanol–water partition coefficient (Wildman–Crippen LogP) is 3.20. The summed E-state index contributed by atoms with van der Waals surface area (Å²) in [5, 5.41) is 0. The fourth-order valence-corrected chi connectivity index (χ4v) is 2.29. The molecule has 2 nitrogen and oxygen atoms in total. The average Bonchev–Trinajstić information content (AvgIpc) is 2.27. The standard InChI is InChI=1S/C14H21NO/c1-10(2)11-5-6-14-12(9-11)13(15(3)4)7-8-16-14/h5-6,9-10,13H,7-8H2,1-4H3. The van der Waals surface area contributed by atoms with Gasteiger partial charge in [0.15, 0.2) is 0 Å². The molecule has 0 saturated carbocycles. The van der Waals surface area contributed by atoms with E-state index in [0.717, 1.165) is 18.8 Å². The van der Waals surface area contributed by atoms with Gasteiger partial charge in [0.1, 0.15) is 5.75 Å². The van der Waals surface area contributed by atoms with Gasteiger partial charge in [-0.05, 0) is 31.6 Å². The van der Waals surface area contributed by atoms with Gasteiger partial charge in [-0.15, -0.1) is 0 Å². The molecule has 1 unspecified atom stereocenters. The third kappa shape index (κ3) is 2.07. The predicted molar refractivity (Wildman–Crippen MR) is 67.1 cm³/mol. The van der Waals surface area contributed by atoms with E-state index in [4.69, 9.17) is 4.74 Å². The molecule has 0 aromatic heterocycles. The van der Waals surface area contributed by atoms with Crippen LogP contribution in [0.2, 0.25) is 0 Å². The smallest absolute Gasteiger partial charge is 0.124 e. The Hall–Kier alpha value is -1.02. The summed E-state index contributed by atoms with van der Waals surface area (Å²) in [6.45, 7) is 5.29. The van der Waals surface area contributed by atoms with Crippen LogP contribution in [-0.4, -0.2) is 25.6 Å². The van der Waals surface area contributed by atoms with Crippen molar-refractivity contribution < 1.29 is 4.74 Å². The van der Waals surface area contributed by atoms with Crippen LogP contribution in [0.25, 0.3) is 0 Å². The van der Waals surface area contributed by atoms with Gasteiger partial charge in [0, 0.05) is 18.0 Å². The molecule has 88 valence electrons. The summed E-state index contributed by atoms with van der Waals surface area (Å²) in [4.78, 5) is 2.28. The minimum atomic E-state index is 0.502. The Balaban J connectivity index is 2.40. The van der Waals surface area contributed by atoms with Crippen molar-refractivity contribution >= 4 is 0 Å². The molecule has 0 saturated heterocycles. The Bertz CT molecular complexity index is 371. The van der Waals surface area contributed by atoms with E-state index < -0.39 is 0 Å². The second-order valence-electron chi connectivity index (χ2n) is 5.07. The van der Waals surface area contributed by atoms with Crippen molar-refractivity contribution in [2.75, 3.05) is 20.7 Å². The third-order valence-corrected chi connectivity index (χ3v) is 3.33. The Morgan fingerprint density at radius 2 is 2.06 bits per heavy atom. The second-order valence-corrected chi connectivity index (χ2v) is 5.07. The maximum atomic E-state index is 5.71. The first-order valence-corrected chi connectivity index (χ1v) is 6.02. The molecule has 2 heteroatoms. The van der Waals surface area contributed by atoms with Crippen molar-refractivity contribution in [3.05, 3.63) is 29.3 Å². The van der Waals surface area contributed by atoms with Crippen molar-refractivity contribution in [1.82, 2.24) is 4.90 Å². The maximum Gasteiger partial charge on any atom is 0.124 e. The highest BCUT2D eigenvalue weighted by molar-refractivity contribution is 5.41. The lowest BCUT2D eigenvalue weighted by molar-refractivity contribution is 0.189. The molecule has 0 bridgehead atoms. The van der Waals surface area contributed by atoms with Gasteiger partial charge in [-0.2, -0.15) is 0 Å². The van der Waals surface area contributed by atoms with Crippen LogP contribution in [0.15, 0.2) is 18.2 Å². The van der Waals surface area contributed by atoms with E-state index in [1.165, 1.54) is 11.1 Å². The van der Waals surface area contributed by atoms with Crippen LogP contribution in [0.3, 0.4) is 0 Å². The normalized spacial score (nSPS) is 19.8. The zero-order chi connectivity index (χ0) is 11.7. The first kappa shape index (κ1) is 11.5. The van der Waals surface area contributed by atoms with E-state index in [2.05, 4.69) is 51.0 Å². The molecule has 1 aliphatic rings. The second kappa shape index (κ2) is 4.46. The van der Waals surface area contributed by atoms with E-state index in [-0.39, 0.29) is 0 Å². The summed E-state index contributed by atoms with van der Waals surface area (Å²) in [6.07, 6.45) is 1.08. The number of ether oxygens (including phenoxy) is 1. The van der Waals surface area contributed by atoms with Crippen molar-refractivity contribution in [3.63, 3.8) is 0 Å². The molecular formula is C14H21NO. The number of hydrogen-bond acceptors (Lipinski definition) is 2. The van der Waals surface area contributed by atoms with Gasteiger partial charge in [0.2, 0.25) is 0 Å². The largest absolute Gasteiger partial charge is 0.493 e. The number of rotatable bonds is 2. The average molecular weight is 219 g/mol. The van der Waals surface area contributed by atoms with Crippen LogP contribution in [-0.2, 0) is 0 Å². The molecule has 0 fully saturated rings. The van der Waals surface area contributed by atoms with Gasteiger partial charge in [-0.1, -0.05) is 26.0 Å². The summed E-state index contributed by atoms with van der Waals surface area (Å²) < 4.78 is 5.71. The van der Waals surface area contributed by atoms with Crippen molar-refractivity contribution in [2.24, 2.45) is 0 Å². The highest BCUT2D eigenvalue weighted by atomic mass is 16.5. The number of fused-ring (bicyclic) bond motifs is 1. The summed E-state index contributed by atoms with van der Waals surface area (Å²) in [5.41, 5.74) is 2.75. The van der Waals surface area contributed by atoms with Gasteiger partial charge in [-0.3, -0.25) is 0 Å². The molecule has 0 spiro atoms. The van der Waals surface area contributed by atoms with E-state index in [1.807, 2.05) is 0 Å². The zero-order valence-corrected chi connectivity index (χ0v) is 10.7. The molecule has 0 radical (unpaired) electrons. The molecule has 0 aliphatic carbocycles. The van der Waals surface area contributed by atoms with Crippen LogP contribution in [0.1, 0.15) is 43.4 Å². The van der Waals surface area contributed by atoms with Crippen molar-refractivity contribution in [1.29, 1.82) is 0 Å². The summed E-state index contributed by atoms with van der Waals surface area (Å²) in [7, 11) is 4.28.